The summed E-state index contributed by atoms with van der Waals surface area (Å²) in [4.78, 5) is 44.0. The SMILES string of the molecule is CCCCCCCCCCCCCCCC(=O)O[C@H](COP(=O)([O-])[O-])CSCCCCCCCCOC=O.[Na+].[Na+]. The van der Waals surface area contributed by atoms with Gasteiger partial charge in [0.1, 0.15) is 6.10 Å². The third kappa shape index (κ3) is 37.4. The minimum absolute atomic E-state index is 0. The molecular formula is C28H53Na2O8PS. The number of carbonyl (C=O) groups is 2. The zero-order valence-electron chi connectivity index (χ0n) is 25.7. The molecule has 0 unspecified atom stereocenters. The number of phosphoric acid groups is 1. The third-order valence-electron chi connectivity index (χ3n) is 6.37. The van der Waals surface area contributed by atoms with Gasteiger partial charge in [0.05, 0.1) is 21.0 Å². The summed E-state index contributed by atoms with van der Waals surface area (Å²) in [5.41, 5.74) is 0. The molecule has 0 aromatic heterocycles. The second-order valence-electron chi connectivity index (χ2n) is 10.0. The van der Waals surface area contributed by atoms with Crippen molar-refractivity contribution in [2.24, 2.45) is 0 Å². The molecule has 0 rings (SSSR count). The quantitative estimate of drug-likeness (QED) is 0.0368. The van der Waals surface area contributed by atoms with Crippen LogP contribution in [0.1, 0.15) is 135 Å². The van der Waals surface area contributed by atoms with Crippen molar-refractivity contribution in [3.8, 4) is 0 Å². The van der Waals surface area contributed by atoms with Crippen LogP contribution in [0.15, 0.2) is 0 Å². The van der Waals surface area contributed by atoms with Crippen molar-refractivity contribution in [3.63, 3.8) is 0 Å². The Labute approximate surface area is 292 Å². The molecule has 0 bridgehead atoms. The van der Waals surface area contributed by atoms with Crippen LogP contribution in [-0.4, -0.2) is 43.3 Å². The van der Waals surface area contributed by atoms with Gasteiger partial charge in [-0.05, 0) is 25.0 Å². The molecule has 0 heterocycles. The van der Waals surface area contributed by atoms with Crippen LogP contribution in [0.25, 0.3) is 0 Å². The third-order valence-corrected chi connectivity index (χ3v) is 8.02. The Balaban J connectivity index is -0.00000684. The zero-order valence-corrected chi connectivity index (χ0v) is 31.5. The Hall–Kier alpha value is 1.40. The number of hydrogen-bond acceptors (Lipinski definition) is 9. The fourth-order valence-corrected chi connectivity index (χ4v) is 5.53. The molecule has 0 aromatic rings. The van der Waals surface area contributed by atoms with Crippen LogP contribution >= 0.6 is 19.6 Å². The van der Waals surface area contributed by atoms with Crippen molar-refractivity contribution in [3.05, 3.63) is 0 Å². The summed E-state index contributed by atoms with van der Waals surface area (Å²) < 4.78 is 25.3. The summed E-state index contributed by atoms with van der Waals surface area (Å²) in [5.74, 6) is 0.883. The molecule has 0 aliphatic heterocycles. The Morgan fingerprint density at radius 3 is 1.75 bits per heavy atom. The summed E-state index contributed by atoms with van der Waals surface area (Å²) in [7, 11) is -5.11. The molecule has 0 saturated heterocycles. The minimum atomic E-state index is -5.11. The van der Waals surface area contributed by atoms with E-state index in [1.54, 1.807) is 11.8 Å². The molecule has 226 valence electrons. The van der Waals surface area contributed by atoms with Crippen LogP contribution in [-0.2, 0) is 28.2 Å². The molecule has 0 aliphatic carbocycles. The molecule has 1 atom stereocenters. The Bertz CT molecular complexity index is 599. The zero-order chi connectivity index (χ0) is 28.2. The predicted octanol–water partition coefficient (Wildman–Crippen LogP) is 0.480. The largest absolute Gasteiger partial charge is 1.00 e. The maximum atomic E-state index is 12.2. The van der Waals surface area contributed by atoms with Crippen molar-refractivity contribution in [1.82, 2.24) is 0 Å². The second kappa shape index (κ2) is 34.9. The topological polar surface area (TPSA) is 125 Å². The van der Waals surface area contributed by atoms with Gasteiger partial charge in [-0.2, -0.15) is 11.8 Å². The van der Waals surface area contributed by atoms with Crippen molar-refractivity contribution in [1.29, 1.82) is 0 Å². The Morgan fingerprint density at radius 1 is 0.775 bits per heavy atom. The van der Waals surface area contributed by atoms with Gasteiger partial charge in [-0.15, -0.1) is 0 Å². The van der Waals surface area contributed by atoms with E-state index in [1.807, 2.05) is 0 Å². The van der Waals surface area contributed by atoms with Gasteiger partial charge in [-0.1, -0.05) is 110 Å². The van der Waals surface area contributed by atoms with E-state index < -0.39 is 20.5 Å². The van der Waals surface area contributed by atoms with Gasteiger partial charge >= 0.3 is 65.1 Å². The van der Waals surface area contributed by atoms with Crippen LogP contribution in [0.4, 0.5) is 0 Å². The number of hydrogen-bond donors (Lipinski definition) is 0. The maximum absolute atomic E-state index is 12.2. The average molecular weight is 627 g/mol. The van der Waals surface area contributed by atoms with Crippen LogP contribution in [0.5, 0.6) is 0 Å². The van der Waals surface area contributed by atoms with E-state index >= 15 is 0 Å². The minimum Gasteiger partial charge on any atom is -0.790 e. The van der Waals surface area contributed by atoms with Gasteiger partial charge < -0.3 is 28.3 Å². The normalized spacial score (nSPS) is 11.8. The molecule has 0 aromatic carbocycles. The molecule has 0 fully saturated rings. The van der Waals surface area contributed by atoms with Crippen LogP contribution in [0, 0.1) is 0 Å². The summed E-state index contributed by atoms with van der Waals surface area (Å²) in [6.07, 6.45) is 21.7. The Kier molecular flexibility index (Phi) is 40.0. The summed E-state index contributed by atoms with van der Waals surface area (Å²) in [6.45, 7) is 2.76. The van der Waals surface area contributed by atoms with Crippen LogP contribution in [0.3, 0.4) is 0 Å². The molecule has 0 saturated carbocycles. The predicted molar refractivity (Wildman–Crippen MR) is 151 cm³/mol. The van der Waals surface area contributed by atoms with E-state index in [1.165, 1.54) is 64.2 Å². The maximum Gasteiger partial charge on any atom is 1.00 e. The van der Waals surface area contributed by atoms with E-state index in [9.17, 15) is 23.9 Å². The average Bonchev–Trinajstić information content (AvgIpc) is 2.88. The first-order valence-electron chi connectivity index (χ1n) is 14.9. The first kappa shape index (κ1) is 45.8. The molecule has 40 heavy (non-hydrogen) atoms. The van der Waals surface area contributed by atoms with Crippen molar-refractivity contribution >= 4 is 32.0 Å². The van der Waals surface area contributed by atoms with Gasteiger partial charge in [0.2, 0.25) is 0 Å². The standard InChI is InChI=1S/C28H55O8PS.2Na/c1-2-3-4-5-6-7-8-9-10-11-12-15-18-21-28(30)36-27(24-35-37(31,32)33)25-38-23-20-17-14-13-16-19-22-34-26-29;;/h26-27H,2-25H2,1H3,(H2,31,32,33);;/q;2*+1/p-2/t27-;;/m1../s1. The fourth-order valence-electron chi connectivity index (χ4n) is 4.18. The number of carbonyl (C=O) groups excluding carboxylic acids is 2. The Morgan fingerprint density at radius 2 is 1.25 bits per heavy atom. The molecule has 0 amide bonds. The summed E-state index contributed by atoms with van der Waals surface area (Å²) in [6, 6.07) is 0. The van der Waals surface area contributed by atoms with E-state index in [2.05, 4.69) is 16.2 Å². The summed E-state index contributed by atoms with van der Waals surface area (Å²) in [5, 5.41) is 0. The molecule has 0 N–H and O–H groups in total. The van der Waals surface area contributed by atoms with Gasteiger partial charge in [-0.25, -0.2) is 0 Å². The van der Waals surface area contributed by atoms with E-state index in [0.717, 1.165) is 63.5 Å². The molecule has 0 radical (unpaired) electrons. The molecule has 0 spiro atoms. The van der Waals surface area contributed by atoms with Gasteiger partial charge in [0.25, 0.3) is 6.47 Å². The van der Waals surface area contributed by atoms with Crippen molar-refractivity contribution < 1.29 is 97.1 Å². The second-order valence-corrected chi connectivity index (χ2v) is 12.3. The van der Waals surface area contributed by atoms with Crippen LogP contribution in [0.2, 0.25) is 0 Å². The van der Waals surface area contributed by atoms with Crippen molar-refractivity contribution in [2.75, 3.05) is 24.7 Å². The van der Waals surface area contributed by atoms with Gasteiger partial charge in [0, 0.05) is 12.2 Å². The van der Waals surface area contributed by atoms with Gasteiger partial charge in [-0.3, -0.25) is 9.59 Å². The number of ether oxygens (including phenoxy) is 2. The van der Waals surface area contributed by atoms with Gasteiger partial charge in [0.15, 0.2) is 0 Å². The smallest absolute Gasteiger partial charge is 0.790 e. The number of rotatable bonds is 30. The molecule has 12 heteroatoms. The number of phosphoric ester groups is 1. The number of unbranched alkanes of at least 4 members (excludes halogenated alkanes) is 17. The van der Waals surface area contributed by atoms with Crippen molar-refractivity contribution in [2.45, 2.75) is 141 Å². The summed E-state index contributed by atoms with van der Waals surface area (Å²) >= 11 is 1.57. The van der Waals surface area contributed by atoms with E-state index in [4.69, 9.17) is 4.74 Å². The van der Waals surface area contributed by atoms with Crippen LogP contribution < -0.4 is 68.9 Å². The molecular weight excluding hydrogens is 573 g/mol. The first-order valence-corrected chi connectivity index (χ1v) is 17.5. The number of esters is 1. The fraction of sp³-hybridized carbons (Fsp3) is 0.929. The van der Waals surface area contributed by atoms with E-state index in [0.29, 0.717) is 25.3 Å². The first-order chi connectivity index (χ1) is 18.4. The number of thioether (sulfide) groups is 1. The molecule has 0 aliphatic rings. The monoisotopic (exact) mass is 626 g/mol. The van der Waals surface area contributed by atoms with E-state index in [-0.39, 0.29) is 65.1 Å². The molecule has 8 nitrogen and oxygen atoms in total.